The molecule has 0 aliphatic carbocycles. The van der Waals surface area contributed by atoms with Gasteiger partial charge < -0.3 is 20.3 Å². The Morgan fingerprint density at radius 1 is 1.17 bits per heavy atom. The molecule has 0 saturated heterocycles. The van der Waals surface area contributed by atoms with Gasteiger partial charge in [0.1, 0.15) is 23.0 Å². The molecule has 0 saturated carbocycles. The molecule has 0 fully saturated rings. The summed E-state index contributed by atoms with van der Waals surface area (Å²) in [5.41, 5.74) is 0.459. The zero-order valence-electron chi connectivity index (χ0n) is 19.1. The third-order valence-corrected chi connectivity index (χ3v) is 6.57. The molecule has 0 spiro atoms. The van der Waals surface area contributed by atoms with Crippen molar-refractivity contribution in [2.24, 2.45) is 0 Å². The number of hydrogen-bond donors (Lipinski definition) is 3. The number of para-hydroxylation sites is 1. The second kappa shape index (κ2) is 10.8. The zero-order valence-corrected chi connectivity index (χ0v) is 19.9. The highest BCUT2D eigenvalue weighted by Crippen LogP contribution is 2.36. The number of sulfonamides is 1. The van der Waals surface area contributed by atoms with Gasteiger partial charge in [-0.1, -0.05) is 6.07 Å². The maximum atomic E-state index is 13.2. The van der Waals surface area contributed by atoms with Gasteiger partial charge in [-0.05, 0) is 25.1 Å². The Hall–Kier alpha value is -4.20. The number of nitrogens with zero attached hydrogens (tertiary/aromatic N) is 5. The van der Waals surface area contributed by atoms with Crippen LogP contribution < -0.4 is 14.2 Å². The summed E-state index contributed by atoms with van der Waals surface area (Å²) >= 11 is 0. The van der Waals surface area contributed by atoms with E-state index in [9.17, 15) is 12.8 Å². The summed E-state index contributed by atoms with van der Waals surface area (Å²) in [4.78, 5) is 7.62. The van der Waals surface area contributed by atoms with Crippen molar-refractivity contribution < 1.29 is 22.3 Å². The van der Waals surface area contributed by atoms with Gasteiger partial charge in [-0.3, -0.25) is 9.29 Å². The van der Waals surface area contributed by atoms with Crippen molar-refractivity contribution in [3.63, 3.8) is 0 Å². The van der Waals surface area contributed by atoms with Crippen LogP contribution in [0.2, 0.25) is 0 Å². The van der Waals surface area contributed by atoms with E-state index in [4.69, 9.17) is 20.3 Å². The van der Waals surface area contributed by atoms with Crippen LogP contribution in [0, 0.1) is 16.6 Å². The van der Waals surface area contributed by atoms with Gasteiger partial charge in [0.05, 0.1) is 31.9 Å². The van der Waals surface area contributed by atoms with Gasteiger partial charge in [-0.2, -0.15) is 0 Å². The highest BCUT2D eigenvalue weighted by molar-refractivity contribution is 7.93. The summed E-state index contributed by atoms with van der Waals surface area (Å²) in [6.07, 6.45) is 5.06. The lowest BCUT2D eigenvalue weighted by molar-refractivity contribution is 0.391. The molecular weight excluding hydrogens is 479 g/mol. The molecule has 0 amide bonds. The van der Waals surface area contributed by atoms with Crippen LogP contribution in [-0.2, 0) is 16.4 Å². The van der Waals surface area contributed by atoms with E-state index < -0.39 is 21.1 Å². The molecule has 3 rings (SSSR count). The summed E-state index contributed by atoms with van der Waals surface area (Å²) in [5, 5.41) is 22.1. The number of rotatable bonds is 11. The lowest BCUT2D eigenvalue weighted by atomic mass is 10.2. The number of aromatic nitrogens is 5. The number of anilines is 1. The van der Waals surface area contributed by atoms with Crippen LogP contribution >= 0.6 is 0 Å². The Morgan fingerprint density at radius 2 is 1.80 bits per heavy atom. The lowest BCUT2D eigenvalue weighted by Gasteiger charge is -2.19. The summed E-state index contributed by atoms with van der Waals surface area (Å²) in [7, 11) is -1.21. The summed E-state index contributed by atoms with van der Waals surface area (Å²) < 4.78 is 54.1. The average molecular weight is 503 g/mol. The predicted octanol–water partition coefficient (Wildman–Crippen LogP) is 2.27. The number of hydrogen-bond acceptors (Lipinski definition) is 10. The van der Waals surface area contributed by atoms with Crippen LogP contribution in [0.4, 0.5) is 10.3 Å². The smallest absolute Gasteiger partial charge is 0.243 e. The molecule has 0 unspecified atom stereocenters. The van der Waals surface area contributed by atoms with Crippen LogP contribution in [-0.4, -0.2) is 65.0 Å². The van der Waals surface area contributed by atoms with Crippen molar-refractivity contribution in [2.45, 2.75) is 18.6 Å². The minimum Gasteiger partial charge on any atom is -0.494 e. The van der Waals surface area contributed by atoms with Crippen molar-refractivity contribution >= 4 is 34.0 Å². The number of ether oxygens (including phenoxy) is 2. The second-order valence-corrected chi connectivity index (χ2v) is 9.20. The van der Waals surface area contributed by atoms with E-state index in [1.165, 1.54) is 31.8 Å². The molecule has 3 N–H and O–H groups in total. The van der Waals surface area contributed by atoms with Crippen molar-refractivity contribution in [3.05, 3.63) is 54.1 Å². The van der Waals surface area contributed by atoms with Crippen LogP contribution in [0.5, 0.6) is 11.5 Å². The molecule has 35 heavy (non-hydrogen) atoms. The first-order valence-corrected chi connectivity index (χ1v) is 11.7. The number of halogens is 1. The summed E-state index contributed by atoms with van der Waals surface area (Å²) in [6.45, 7) is 1.44. The van der Waals surface area contributed by atoms with E-state index in [0.717, 1.165) is 24.8 Å². The molecular formula is C21H23FN8O4S. The molecule has 12 nitrogen and oxygen atoms in total. The highest BCUT2D eigenvalue weighted by atomic mass is 32.2. The molecule has 184 valence electrons. The van der Waals surface area contributed by atoms with E-state index in [1.807, 2.05) is 0 Å². The predicted molar refractivity (Wildman–Crippen MR) is 128 cm³/mol. The number of nitrogens with one attached hydrogen (secondary N) is 3. The van der Waals surface area contributed by atoms with Gasteiger partial charge in [-0.25, -0.2) is 22.8 Å². The first-order chi connectivity index (χ1) is 16.7. The monoisotopic (exact) mass is 502 g/mol. The topological polar surface area (TPSA) is 169 Å². The van der Waals surface area contributed by atoms with Gasteiger partial charge in [0, 0.05) is 24.4 Å². The lowest BCUT2D eigenvalue weighted by Crippen LogP contribution is -2.29. The SMILES string of the molecule is COc1cccc(OC)c1-n1c(NS(=O)(=O)[C@@H](C)Cc2ncc(F)cn2)nnc1/C(C=N)=C/C=N. The molecule has 0 bridgehead atoms. The van der Waals surface area contributed by atoms with Crippen molar-refractivity contribution in [3.8, 4) is 17.2 Å². The van der Waals surface area contributed by atoms with Crippen molar-refractivity contribution in [2.75, 3.05) is 18.9 Å². The van der Waals surface area contributed by atoms with Crippen LogP contribution in [0.25, 0.3) is 11.3 Å². The largest absolute Gasteiger partial charge is 0.494 e. The first-order valence-electron chi connectivity index (χ1n) is 10.1. The van der Waals surface area contributed by atoms with Crippen LogP contribution in [0.15, 0.2) is 36.7 Å². The Kier molecular flexibility index (Phi) is 7.86. The molecule has 1 aromatic carbocycles. The third kappa shape index (κ3) is 5.48. The highest BCUT2D eigenvalue weighted by Gasteiger charge is 2.28. The number of methoxy groups -OCH3 is 2. The molecule has 3 aromatic rings. The van der Waals surface area contributed by atoms with Gasteiger partial charge in [-0.15, -0.1) is 10.2 Å². The Balaban J connectivity index is 2.12. The van der Waals surface area contributed by atoms with E-state index in [0.29, 0.717) is 11.5 Å². The summed E-state index contributed by atoms with van der Waals surface area (Å²) in [5.74, 6) is 0.0214. The minimum atomic E-state index is -4.07. The fourth-order valence-electron chi connectivity index (χ4n) is 3.12. The zero-order chi connectivity index (χ0) is 25.6. The van der Waals surface area contributed by atoms with Crippen molar-refractivity contribution in [1.82, 2.24) is 24.7 Å². The van der Waals surface area contributed by atoms with Crippen molar-refractivity contribution in [1.29, 1.82) is 10.8 Å². The minimum absolute atomic E-state index is 0.0681. The van der Waals surface area contributed by atoms with Crippen LogP contribution in [0.1, 0.15) is 18.6 Å². The van der Waals surface area contributed by atoms with E-state index >= 15 is 0 Å². The second-order valence-electron chi connectivity index (χ2n) is 7.11. The molecule has 1 atom stereocenters. The van der Waals surface area contributed by atoms with E-state index in [1.54, 1.807) is 18.2 Å². The third-order valence-electron chi connectivity index (χ3n) is 4.87. The van der Waals surface area contributed by atoms with Gasteiger partial charge in [0.2, 0.25) is 16.0 Å². The first kappa shape index (κ1) is 25.4. The molecule has 0 aliphatic rings. The van der Waals surface area contributed by atoms with Gasteiger partial charge in [0.25, 0.3) is 0 Å². The fraction of sp³-hybridized carbons (Fsp3) is 0.238. The van der Waals surface area contributed by atoms with E-state index in [2.05, 4.69) is 24.9 Å². The molecule has 0 radical (unpaired) electrons. The molecule has 14 heteroatoms. The standard InChI is InChI=1S/C21H23FN8O4S/c1-13(9-18-25-11-15(22)12-26-18)35(31,32)29-21-28-27-20(14(10-24)7-8-23)30(21)19-16(33-2)5-4-6-17(19)34-3/h4-8,10-13,23-24H,9H2,1-3H3,(H,28,29)/b14-7+,23-8?,24-10?/t13-/m0/s1. The fourth-order valence-corrected chi connectivity index (χ4v) is 4.07. The normalized spacial score (nSPS) is 12.6. The average Bonchev–Trinajstić information content (AvgIpc) is 3.25. The number of benzene rings is 1. The van der Waals surface area contributed by atoms with Gasteiger partial charge >= 0.3 is 0 Å². The number of allylic oxidation sites excluding steroid dienone is 2. The maximum Gasteiger partial charge on any atom is 0.243 e. The summed E-state index contributed by atoms with van der Waals surface area (Å²) in [6, 6.07) is 4.96. The van der Waals surface area contributed by atoms with Crippen LogP contribution in [0.3, 0.4) is 0 Å². The van der Waals surface area contributed by atoms with Gasteiger partial charge in [0.15, 0.2) is 11.6 Å². The molecule has 2 aromatic heterocycles. The quantitative estimate of drug-likeness (QED) is 0.335. The Labute approximate surface area is 200 Å². The Bertz CT molecular complexity index is 1330. The maximum absolute atomic E-state index is 13.2. The molecule has 2 heterocycles. The van der Waals surface area contributed by atoms with E-state index in [-0.39, 0.29) is 35.3 Å². The Morgan fingerprint density at radius 3 is 2.34 bits per heavy atom. The molecule has 0 aliphatic heterocycles.